The monoisotopic (exact) mass is 218 g/mol. The van der Waals surface area contributed by atoms with E-state index >= 15 is 0 Å². The van der Waals surface area contributed by atoms with Crippen molar-refractivity contribution in [2.24, 2.45) is 11.7 Å². The van der Waals surface area contributed by atoms with Gasteiger partial charge in [0.15, 0.2) is 0 Å². The second-order valence-corrected chi connectivity index (χ2v) is 4.87. The number of hydrogen-bond donors (Lipinski definition) is 1. The lowest BCUT2D eigenvalue weighted by Crippen LogP contribution is -2.08. The Kier molecular flexibility index (Phi) is 2.56. The van der Waals surface area contributed by atoms with E-state index in [4.69, 9.17) is 10.5 Å². The van der Waals surface area contributed by atoms with Gasteiger partial charge in [-0.25, -0.2) is 4.98 Å². The highest BCUT2D eigenvalue weighted by atomic mass is 16.5. The van der Waals surface area contributed by atoms with Crippen LogP contribution in [0.15, 0.2) is 6.07 Å². The van der Waals surface area contributed by atoms with Crippen LogP contribution in [0.2, 0.25) is 0 Å². The van der Waals surface area contributed by atoms with Crippen LogP contribution in [0.25, 0.3) is 0 Å². The van der Waals surface area contributed by atoms with Gasteiger partial charge in [0.25, 0.3) is 0 Å². The Labute approximate surface area is 96.0 Å². The Hall–Kier alpha value is -1.09. The average molecular weight is 218 g/mol. The van der Waals surface area contributed by atoms with Crippen LogP contribution in [0.3, 0.4) is 0 Å². The number of nitrogens with zero attached hydrogens (tertiary/aromatic N) is 1. The first kappa shape index (κ1) is 10.1. The van der Waals surface area contributed by atoms with E-state index in [1.165, 1.54) is 30.5 Å². The Balaban J connectivity index is 1.83. The number of hydrogen-bond acceptors (Lipinski definition) is 3. The van der Waals surface area contributed by atoms with E-state index in [0.29, 0.717) is 6.54 Å². The topological polar surface area (TPSA) is 48.1 Å². The van der Waals surface area contributed by atoms with E-state index in [2.05, 4.69) is 11.1 Å². The summed E-state index contributed by atoms with van der Waals surface area (Å²) in [6.45, 7) is 1.35. The highest BCUT2D eigenvalue weighted by Crippen LogP contribution is 2.31. The quantitative estimate of drug-likeness (QED) is 0.838. The SMILES string of the molecule is NCc1cc2c(nc1OCC1CC1)CCC2. The molecule has 0 bridgehead atoms. The standard InChI is InChI=1S/C13H18N2O/c14-7-11-6-10-2-1-3-12(10)15-13(11)16-8-9-4-5-9/h6,9H,1-5,7-8,14H2. The molecule has 0 radical (unpaired) electrons. The van der Waals surface area contributed by atoms with Crippen molar-refractivity contribution >= 4 is 0 Å². The third-order valence-corrected chi connectivity index (χ3v) is 3.46. The van der Waals surface area contributed by atoms with Gasteiger partial charge in [0.05, 0.1) is 6.61 Å². The molecule has 0 aliphatic heterocycles. The molecule has 0 unspecified atom stereocenters. The number of fused-ring (bicyclic) bond motifs is 1. The lowest BCUT2D eigenvalue weighted by molar-refractivity contribution is 0.284. The van der Waals surface area contributed by atoms with Crippen molar-refractivity contribution in [2.75, 3.05) is 6.61 Å². The van der Waals surface area contributed by atoms with Crippen molar-refractivity contribution < 1.29 is 4.74 Å². The minimum atomic E-state index is 0.528. The zero-order valence-corrected chi connectivity index (χ0v) is 9.54. The smallest absolute Gasteiger partial charge is 0.218 e. The molecular formula is C13H18N2O. The third kappa shape index (κ3) is 1.92. The summed E-state index contributed by atoms with van der Waals surface area (Å²) < 4.78 is 5.79. The molecule has 1 fully saturated rings. The number of nitrogens with two attached hydrogens (primary N) is 1. The van der Waals surface area contributed by atoms with Crippen molar-refractivity contribution in [1.82, 2.24) is 4.98 Å². The molecule has 16 heavy (non-hydrogen) atoms. The zero-order chi connectivity index (χ0) is 11.0. The lowest BCUT2D eigenvalue weighted by Gasteiger charge is -2.11. The second-order valence-electron chi connectivity index (χ2n) is 4.87. The summed E-state index contributed by atoms with van der Waals surface area (Å²) in [4.78, 5) is 4.62. The van der Waals surface area contributed by atoms with Crippen molar-refractivity contribution in [2.45, 2.75) is 38.6 Å². The normalized spacial score (nSPS) is 18.6. The molecule has 1 saturated carbocycles. The predicted molar refractivity (Wildman–Crippen MR) is 62.4 cm³/mol. The van der Waals surface area contributed by atoms with Crippen LogP contribution in [0.4, 0.5) is 0 Å². The molecule has 2 aliphatic carbocycles. The first-order valence-electron chi connectivity index (χ1n) is 6.21. The second kappa shape index (κ2) is 4.06. The van der Waals surface area contributed by atoms with E-state index < -0.39 is 0 Å². The Morgan fingerprint density at radius 3 is 3.00 bits per heavy atom. The Bertz CT molecular complexity index is 399. The van der Waals surface area contributed by atoms with Crippen LogP contribution < -0.4 is 10.5 Å². The van der Waals surface area contributed by atoms with Gasteiger partial charge in [-0.3, -0.25) is 0 Å². The highest BCUT2D eigenvalue weighted by molar-refractivity contribution is 5.36. The fourth-order valence-corrected chi connectivity index (χ4v) is 2.25. The minimum absolute atomic E-state index is 0.528. The zero-order valence-electron chi connectivity index (χ0n) is 9.54. The highest BCUT2D eigenvalue weighted by Gasteiger charge is 2.23. The number of aryl methyl sites for hydroxylation is 2. The molecule has 86 valence electrons. The van der Waals surface area contributed by atoms with Gasteiger partial charge in [0.2, 0.25) is 5.88 Å². The first-order chi connectivity index (χ1) is 7.86. The van der Waals surface area contributed by atoms with Gasteiger partial charge < -0.3 is 10.5 Å². The minimum Gasteiger partial charge on any atom is -0.477 e. The van der Waals surface area contributed by atoms with Gasteiger partial charge in [-0.2, -0.15) is 0 Å². The molecule has 0 amide bonds. The van der Waals surface area contributed by atoms with Gasteiger partial charge >= 0.3 is 0 Å². The van der Waals surface area contributed by atoms with Crippen molar-refractivity contribution in [3.8, 4) is 5.88 Å². The van der Waals surface area contributed by atoms with Gasteiger partial charge in [0, 0.05) is 17.8 Å². The van der Waals surface area contributed by atoms with Gasteiger partial charge in [-0.1, -0.05) is 0 Å². The molecule has 0 aromatic carbocycles. The van der Waals surface area contributed by atoms with Crippen LogP contribution in [0.5, 0.6) is 5.88 Å². The summed E-state index contributed by atoms with van der Waals surface area (Å²) in [5, 5.41) is 0. The fourth-order valence-electron chi connectivity index (χ4n) is 2.25. The Morgan fingerprint density at radius 2 is 2.25 bits per heavy atom. The van der Waals surface area contributed by atoms with Crippen LogP contribution in [-0.2, 0) is 19.4 Å². The van der Waals surface area contributed by atoms with Crippen LogP contribution in [-0.4, -0.2) is 11.6 Å². The number of rotatable bonds is 4. The average Bonchev–Trinajstić information content (AvgIpc) is 3.02. The van der Waals surface area contributed by atoms with Gasteiger partial charge in [0.1, 0.15) is 0 Å². The van der Waals surface area contributed by atoms with E-state index in [0.717, 1.165) is 36.8 Å². The molecular weight excluding hydrogens is 200 g/mol. The van der Waals surface area contributed by atoms with Gasteiger partial charge in [-0.05, 0) is 49.7 Å². The van der Waals surface area contributed by atoms with Crippen molar-refractivity contribution in [3.05, 3.63) is 22.9 Å². The molecule has 0 spiro atoms. The number of ether oxygens (including phenoxy) is 1. The number of pyridine rings is 1. The van der Waals surface area contributed by atoms with Crippen LogP contribution >= 0.6 is 0 Å². The molecule has 2 aliphatic rings. The summed E-state index contributed by atoms with van der Waals surface area (Å²) in [5.74, 6) is 1.55. The molecule has 3 rings (SSSR count). The fraction of sp³-hybridized carbons (Fsp3) is 0.615. The third-order valence-electron chi connectivity index (χ3n) is 3.46. The van der Waals surface area contributed by atoms with Crippen molar-refractivity contribution in [3.63, 3.8) is 0 Å². The lowest BCUT2D eigenvalue weighted by atomic mass is 10.1. The molecule has 0 saturated heterocycles. The molecule has 3 heteroatoms. The maximum absolute atomic E-state index is 5.79. The summed E-state index contributed by atoms with van der Waals surface area (Å²) in [7, 11) is 0. The summed E-state index contributed by atoms with van der Waals surface area (Å²) in [6.07, 6.45) is 6.09. The van der Waals surface area contributed by atoms with Gasteiger partial charge in [-0.15, -0.1) is 0 Å². The molecule has 3 nitrogen and oxygen atoms in total. The van der Waals surface area contributed by atoms with Crippen molar-refractivity contribution in [1.29, 1.82) is 0 Å². The van der Waals surface area contributed by atoms with Crippen LogP contribution in [0, 0.1) is 5.92 Å². The number of aromatic nitrogens is 1. The largest absolute Gasteiger partial charge is 0.477 e. The molecule has 1 heterocycles. The van der Waals surface area contributed by atoms with E-state index in [1.54, 1.807) is 0 Å². The Morgan fingerprint density at radius 1 is 1.38 bits per heavy atom. The van der Waals surface area contributed by atoms with E-state index in [-0.39, 0.29) is 0 Å². The van der Waals surface area contributed by atoms with E-state index in [1.807, 2.05) is 0 Å². The maximum atomic E-state index is 5.79. The first-order valence-corrected chi connectivity index (χ1v) is 6.21. The molecule has 1 aromatic rings. The van der Waals surface area contributed by atoms with Crippen LogP contribution in [0.1, 0.15) is 36.1 Å². The van der Waals surface area contributed by atoms with E-state index in [9.17, 15) is 0 Å². The predicted octanol–water partition coefficient (Wildman–Crippen LogP) is 1.82. The summed E-state index contributed by atoms with van der Waals surface area (Å²) in [5.41, 5.74) is 9.42. The molecule has 0 atom stereocenters. The molecule has 1 aromatic heterocycles. The summed E-state index contributed by atoms with van der Waals surface area (Å²) in [6, 6.07) is 2.19. The maximum Gasteiger partial charge on any atom is 0.218 e. The molecule has 2 N–H and O–H groups in total. The summed E-state index contributed by atoms with van der Waals surface area (Å²) >= 11 is 0.